The molecule has 564 valence electrons. The van der Waals surface area contributed by atoms with Crippen molar-refractivity contribution in [3.63, 3.8) is 0 Å². The second kappa shape index (κ2) is 70.5. The molecule has 0 saturated heterocycles. The van der Waals surface area contributed by atoms with Gasteiger partial charge in [-0.25, -0.2) is 9.13 Å². The lowest BCUT2D eigenvalue weighted by atomic mass is 10.0. The van der Waals surface area contributed by atoms with Crippen LogP contribution in [0.4, 0.5) is 0 Å². The van der Waals surface area contributed by atoms with E-state index in [1.165, 1.54) is 231 Å². The van der Waals surface area contributed by atoms with Crippen LogP contribution in [0.25, 0.3) is 0 Å². The molecule has 2 unspecified atom stereocenters. The van der Waals surface area contributed by atoms with Crippen molar-refractivity contribution in [2.24, 2.45) is 0 Å². The lowest BCUT2D eigenvalue weighted by molar-refractivity contribution is -0.161. The fraction of sp³-hybridized carbons (Fsp3) is 0.947. The molecule has 5 atom stereocenters. The Balaban J connectivity index is 5.13. The van der Waals surface area contributed by atoms with Gasteiger partial charge in [-0.2, -0.15) is 0 Å². The van der Waals surface area contributed by atoms with Crippen LogP contribution in [0.1, 0.15) is 407 Å². The molecule has 0 aromatic carbocycles. The molecule has 0 saturated carbocycles. The fourth-order valence-electron chi connectivity index (χ4n) is 11.8. The van der Waals surface area contributed by atoms with Crippen molar-refractivity contribution in [3.05, 3.63) is 0 Å². The Morgan fingerprint density at radius 3 is 0.621 bits per heavy atom. The van der Waals surface area contributed by atoms with Crippen molar-refractivity contribution in [3.8, 4) is 0 Å². The van der Waals surface area contributed by atoms with Crippen LogP contribution in [0.3, 0.4) is 0 Å². The van der Waals surface area contributed by atoms with Crippen LogP contribution in [-0.2, 0) is 65.4 Å². The summed E-state index contributed by atoms with van der Waals surface area (Å²) in [6.07, 6.45) is 61.5. The van der Waals surface area contributed by atoms with Crippen LogP contribution < -0.4 is 0 Å². The van der Waals surface area contributed by atoms with Crippen molar-refractivity contribution in [1.29, 1.82) is 0 Å². The number of rotatable bonds is 77. The smallest absolute Gasteiger partial charge is 0.462 e. The highest BCUT2D eigenvalue weighted by Crippen LogP contribution is 2.45. The van der Waals surface area contributed by atoms with Gasteiger partial charge in [0.1, 0.15) is 19.3 Å². The van der Waals surface area contributed by atoms with E-state index in [9.17, 15) is 43.2 Å². The van der Waals surface area contributed by atoms with Gasteiger partial charge in [-0.1, -0.05) is 355 Å². The molecule has 0 rings (SSSR count). The number of hydrogen-bond acceptors (Lipinski definition) is 15. The van der Waals surface area contributed by atoms with Crippen molar-refractivity contribution in [2.45, 2.75) is 425 Å². The zero-order valence-electron chi connectivity index (χ0n) is 61.6. The molecule has 19 heteroatoms. The summed E-state index contributed by atoms with van der Waals surface area (Å²) < 4.78 is 68.3. The molecule has 0 amide bonds. The predicted molar refractivity (Wildman–Crippen MR) is 386 cm³/mol. The molecular formula is C76H148O17P2. The van der Waals surface area contributed by atoms with Crippen molar-refractivity contribution in [2.75, 3.05) is 39.6 Å². The minimum absolute atomic E-state index is 0.108. The van der Waals surface area contributed by atoms with Crippen molar-refractivity contribution >= 4 is 39.5 Å². The molecule has 0 bridgehead atoms. The van der Waals surface area contributed by atoms with E-state index in [1.807, 2.05) is 0 Å². The quantitative estimate of drug-likeness (QED) is 0.0222. The lowest BCUT2D eigenvalue weighted by Gasteiger charge is -2.21. The summed E-state index contributed by atoms with van der Waals surface area (Å²) in [4.78, 5) is 72.5. The summed E-state index contributed by atoms with van der Waals surface area (Å²) in [6.45, 7) is 4.91. The van der Waals surface area contributed by atoms with Gasteiger partial charge in [0.25, 0.3) is 0 Å². The summed E-state index contributed by atoms with van der Waals surface area (Å²) in [5, 5.41) is 10.6. The van der Waals surface area contributed by atoms with E-state index in [0.717, 1.165) is 96.3 Å². The number of phosphoric acid groups is 2. The Labute approximate surface area is 581 Å². The summed E-state index contributed by atoms with van der Waals surface area (Å²) in [6, 6.07) is 0. The predicted octanol–water partition coefficient (Wildman–Crippen LogP) is 22.6. The van der Waals surface area contributed by atoms with Gasteiger partial charge >= 0.3 is 39.5 Å². The zero-order valence-corrected chi connectivity index (χ0v) is 63.4. The number of unbranched alkanes of at least 4 members (excludes halogenated alkanes) is 51. The van der Waals surface area contributed by atoms with Crippen LogP contribution in [-0.4, -0.2) is 96.7 Å². The normalized spacial score (nSPS) is 13.9. The molecule has 0 fully saturated rings. The third-order valence-electron chi connectivity index (χ3n) is 17.9. The zero-order chi connectivity index (χ0) is 69.7. The largest absolute Gasteiger partial charge is 0.472 e. The van der Waals surface area contributed by atoms with Gasteiger partial charge in [0, 0.05) is 25.7 Å². The molecule has 0 spiro atoms. The number of aliphatic hydroxyl groups is 1. The van der Waals surface area contributed by atoms with Crippen LogP contribution in [0.5, 0.6) is 0 Å². The van der Waals surface area contributed by atoms with Crippen molar-refractivity contribution < 1.29 is 80.2 Å². The average molecular weight is 1400 g/mol. The van der Waals surface area contributed by atoms with E-state index < -0.39 is 97.5 Å². The molecule has 0 aromatic rings. The van der Waals surface area contributed by atoms with E-state index in [2.05, 4.69) is 27.7 Å². The number of aliphatic hydroxyl groups excluding tert-OH is 1. The van der Waals surface area contributed by atoms with Crippen LogP contribution in [0, 0.1) is 0 Å². The Morgan fingerprint density at radius 1 is 0.253 bits per heavy atom. The number of carbonyl (C=O) groups is 4. The van der Waals surface area contributed by atoms with Gasteiger partial charge in [0.2, 0.25) is 0 Å². The van der Waals surface area contributed by atoms with E-state index in [4.69, 9.17) is 37.0 Å². The molecule has 0 aliphatic carbocycles. The Kier molecular flexibility index (Phi) is 69.1. The van der Waals surface area contributed by atoms with Crippen LogP contribution in [0.15, 0.2) is 0 Å². The first-order valence-corrected chi connectivity index (χ1v) is 42.8. The minimum Gasteiger partial charge on any atom is -0.462 e. The maximum Gasteiger partial charge on any atom is 0.472 e. The number of hydrogen-bond donors (Lipinski definition) is 3. The highest BCUT2D eigenvalue weighted by molar-refractivity contribution is 7.47. The molecule has 0 heterocycles. The number of phosphoric ester groups is 2. The molecule has 0 aliphatic rings. The third kappa shape index (κ3) is 70.3. The van der Waals surface area contributed by atoms with Gasteiger partial charge < -0.3 is 33.8 Å². The van der Waals surface area contributed by atoms with Gasteiger partial charge in [0.05, 0.1) is 26.4 Å². The first-order chi connectivity index (χ1) is 46.2. The highest BCUT2D eigenvalue weighted by Gasteiger charge is 2.30. The molecule has 0 radical (unpaired) electrons. The first kappa shape index (κ1) is 93.1. The minimum atomic E-state index is -4.95. The van der Waals surface area contributed by atoms with Gasteiger partial charge in [0.15, 0.2) is 12.2 Å². The maximum absolute atomic E-state index is 13.1. The Bertz CT molecular complexity index is 1810. The number of carbonyl (C=O) groups excluding carboxylic acids is 4. The molecular weight excluding hydrogens is 1250 g/mol. The number of esters is 4. The summed E-state index contributed by atoms with van der Waals surface area (Å²) >= 11 is 0. The Hall–Kier alpha value is -1.94. The molecule has 0 aromatic heterocycles. The standard InChI is InChI=1S/C76H148O17P2/c1-5-9-13-17-20-23-26-29-32-34-35-37-39-42-45-48-51-55-59-63-76(81)93-72(67-87-74(79)61-57-53-49-46-43-41-38-36-33-30-27-24-21-18-14-10-6-2)69-91-95(84,85)89-65-70(77)64-88-94(82,83)90-68-71(66-86-73(78)60-56-52-16-12-8-4)92-75(80)62-58-54-50-47-44-40-31-28-25-22-19-15-11-7-3/h70-72,77H,5-69H2,1-4H3,(H,82,83)(H,84,85)/t70-,71+,72+/m0/s1. The van der Waals surface area contributed by atoms with Crippen molar-refractivity contribution in [1.82, 2.24) is 0 Å². The van der Waals surface area contributed by atoms with Gasteiger partial charge in [-0.05, 0) is 25.7 Å². The van der Waals surface area contributed by atoms with E-state index >= 15 is 0 Å². The summed E-state index contributed by atoms with van der Waals surface area (Å²) in [7, 11) is -9.90. The molecule has 95 heavy (non-hydrogen) atoms. The highest BCUT2D eigenvalue weighted by atomic mass is 31.2. The second-order valence-corrected chi connectivity index (χ2v) is 30.3. The van der Waals surface area contributed by atoms with Gasteiger partial charge in [-0.3, -0.25) is 37.3 Å². The maximum atomic E-state index is 13.1. The Morgan fingerprint density at radius 2 is 0.421 bits per heavy atom. The SMILES string of the molecule is CCCCCCCCCCCCCCCCCCCCCC(=O)O[C@H](COC(=O)CCCCCCCCCCCCCCCCCCC)COP(=O)(O)OC[C@@H](O)COP(=O)(O)OC[C@@H](COC(=O)CCCCCCC)OC(=O)CCCCCCCCCCCCCCCC. The number of ether oxygens (including phenoxy) is 4. The summed E-state index contributed by atoms with van der Waals surface area (Å²) in [5.74, 6) is -2.12. The van der Waals surface area contributed by atoms with Crippen LogP contribution >= 0.6 is 15.6 Å². The molecule has 0 aliphatic heterocycles. The summed E-state index contributed by atoms with van der Waals surface area (Å²) in [5.41, 5.74) is 0. The van der Waals surface area contributed by atoms with E-state index in [-0.39, 0.29) is 25.7 Å². The van der Waals surface area contributed by atoms with Gasteiger partial charge in [-0.15, -0.1) is 0 Å². The molecule has 17 nitrogen and oxygen atoms in total. The second-order valence-electron chi connectivity index (χ2n) is 27.4. The van der Waals surface area contributed by atoms with Crippen LogP contribution in [0.2, 0.25) is 0 Å². The lowest BCUT2D eigenvalue weighted by Crippen LogP contribution is -2.30. The van der Waals surface area contributed by atoms with E-state index in [1.54, 1.807) is 0 Å². The topological polar surface area (TPSA) is 237 Å². The monoisotopic (exact) mass is 1400 g/mol. The fourth-order valence-corrected chi connectivity index (χ4v) is 13.3. The molecule has 3 N–H and O–H groups in total. The first-order valence-electron chi connectivity index (χ1n) is 39.8. The van der Waals surface area contributed by atoms with E-state index in [0.29, 0.717) is 25.7 Å². The average Bonchev–Trinajstić information content (AvgIpc) is 2.40. The third-order valence-corrected chi connectivity index (χ3v) is 19.8.